The third-order valence-electron chi connectivity index (χ3n) is 2.92. The van der Waals surface area contributed by atoms with Gasteiger partial charge in [-0.05, 0) is 18.9 Å². The minimum absolute atomic E-state index is 0.293. The van der Waals surface area contributed by atoms with E-state index < -0.39 is 0 Å². The predicted octanol–water partition coefficient (Wildman–Crippen LogP) is 3.76. The Morgan fingerprint density at radius 3 is 2.36 bits per heavy atom. The zero-order chi connectivity index (χ0) is 10.9. The van der Waals surface area contributed by atoms with Gasteiger partial charge in [-0.2, -0.15) is 0 Å². The fraction of sp³-hybridized carbons (Fsp3) is 0.846. The van der Waals surface area contributed by atoms with Crippen LogP contribution in [-0.2, 0) is 0 Å². The number of hydrogen-bond donors (Lipinski definition) is 1. The van der Waals surface area contributed by atoms with Gasteiger partial charge in [0.15, 0.2) is 0 Å². The first-order chi connectivity index (χ1) is 6.68. The highest BCUT2D eigenvalue weighted by molar-refractivity contribution is 4.92. The van der Waals surface area contributed by atoms with E-state index in [0.29, 0.717) is 5.41 Å². The topological polar surface area (TPSA) is 12.0 Å². The van der Waals surface area contributed by atoms with E-state index in [1.807, 2.05) is 7.05 Å². The van der Waals surface area contributed by atoms with Gasteiger partial charge < -0.3 is 5.32 Å². The lowest BCUT2D eigenvalue weighted by molar-refractivity contribution is 0.358. The molecule has 0 rings (SSSR count). The zero-order valence-electron chi connectivity index (χ0n) is 10.2. The van der Waals surface area contributed by atoms with E-state index in [9.17, 15) is 0 Å². The second kappa shape index (κ2) is 8.05. The molecule has 0 radical (unpaired) electrons. The summed E-state index contributed by atoms with van der Waals surface area (Å²) in [5.74, 6) is 0. The third-order valence-corrected chi connectivity index (χ3v) is 2.92. The molecule has 1 atom stereocenters. The number of rotatable bonds is 9. The van der Waals surface area contributed by atoms with E-state index in [0.717, 1.165) is 6.54 Å². The average molecular weight is 197 g/mol. The monoisotopic (exact) mass is 197 g/mol. The maximum atomic E-state index is 3.93. The second-order valence-electron chi connectivity index (χ2n) is 4.55. The van der Waals surface area contributed by atoms with Crippen LogP contribution in [0.3, 0.4) is 0 Å². The van der Waals surface area contributed by atoms with Crippen molar-refractivity contribution < 1.29 is 0 Å². The van der Waals surface area contributed by atoms with Crippen molar-refractivity contribution in [3.63, 3.8) is 0 Å². The first-order valence-electron chi connectivity index (χ1n) is 5.96. The Kier molecular flexibility index (Phi) is 7.87. The van der Waals surface area contributed by atoms with Crippen molar-refractivity contribution in [3.8, 4) is 0 Å². The molecule has 14 heavy (non-hydrogen) atoms. The first-order valence-corrected chi connectivity index (χ1v) is 5.96. The van der Waals surface area contributed by atoms with Crippen molar-refractivity contribution in [2.75, 3.05) is 13.6 Å². The summed E-state index contributed by atoms with van der Waals surface area (Å²) in [4.78, 5) is 0. The maximum Gasteiger partial charge on any atom is 0.00367 e. The number of hydrogen-bond acceptors (Lipinski definition) is 1. The Labute approximate surface area is 90.0 Å². The zero-order valence-corrected chi connectivity index (χ0v) is 10.2. The van der Waals surface area contributed by atoms with Crippen LogP contribution in [-0.4, -0.2) is 13.6 Å². The van der Waals surface area contributed by atoms with Crippen molar-refractivity contribution in [1.29, 1.82) is 0 Å². The Hall–Kier alpha value is -0.300. The summed E-state index contributed by atoms with van der Waals surface area (Å²) in [7, 11) is 2.01. The van der Waals surface area contributed by atoms with Gasteiger partial charge in [0.2, 0.25) is 0 Å². The summed E-state index contributed by atoms with van der Waals surface area (Å²) in [6.07, 6.45) is 10.2. The highest BCUT2D eigenvalue weighted by atomic mass is 14.8. The van der Waals surface area contributed by atoms with Crippen LogP contribution in [0.2, 0.25) is 0 Å². The molecule has 0 aliphatic carbocycles. The van der Waals surface area contributed by atoms with Crippen LogP contribution in [0.15, 0.2) is 12.7 Å². The first kappa shape index (κ1) is 13.7. The summed E-state index contributed by atoms with van der Waals surface area (Å²) >= 11 is 0. The Bertz CT molecular complexity index is 142. The molecule has 0 fully saturated rings. The molecule has 0 amide bonds. The molecule has 0 heterocycles. The lowest BCUT2D eigenvalue weighted by atomic mass is 9.84. The van der Waals surface area contributed by atoms with Crippen LogP contribution in [0, 0.1) is 5.41 Å². The summed E-state index contributed by atoms with van der Waals surface area (Å²) in [6.45, 7) is 9.52. The van der Waals surface area contributed by atoms with E-state index in [-0.39, 0.29) is 0 Å². The molecule has 0 aromatic carbocycles. The molecular weight excluding hydrogens is 170 g/mol. The van der Waals surface area contributed by atoms with Gasteiger partial charge in [-0.15, -0.1) is 6.58 Å². The molecular formula is C13H27N. The standard InChI is InChI=1S/C13H27N/c1-5-7-8-9-10-11-13(3,6-2)12-14-4/h6,14H,2,5,7-12H2,1,3-4H3. The molecule has 1 nitrogen and oxygen atoms in total. The van der Waals surface area contributed by atoms with Crippen molar-refractivity contribution in [2.24, 2.45) is 5.41 Å². The van der Waals surface area contributed by atoms with Crippen LogP contribution in [0.25, 0.3) is 0 Å². The average Bonchev–Trinajstić information content (AvgIpc) is 2.18. The van der Waals surface area contributed by atoms with E-state index in [2.05, 4.69) is 31.8 Å². The van der Waals surface area contributed by atoms with Crippen LogP contribution in [0.5, 0.6) is 0 Å². The van der Waals surface area contributed by atoms with Crippen molar-refractivity contribution in [2.45, 2.75) is 52.4 Å². The molecule has 84 valence electrons. The highest BCUT2D eigenvalue weighted by Gasteiger charge is 2.17. The van der Waals surface area contributed by atoms with E-state index >= 15 is 0 Å². The lowest BCUT2D eigenvalue weighted by Crippen LogP contribution is -2.27. The van der Waals surface area contributed by atoms with E-state index in [1.54, 1.807) is 0 Å². The quantitative estimate of drug-likeness (QED) is 0.438. The molecule has 0 aliphatic heterocycles. The summed E-state index contributed by atoms with van der Waals surface area (Å²) in [5, 5.41) is 3.24. The molecule has 0 aromatic rings. The Morgan fingerprint density at radius 1 is 1.21 bits per heavy atom. The molecule has 0 aliphatic rings. The van der Waals surface area contributed by atoms with Gasteiger partial charge in [-0.1, -0.05) is 52.0 Å². The fourth-order valence-corrected chi connectivity index (χ4v) is 1.80. The van der Waals surface area contributed by atoms with Gasteiger partial charge in [0, 0.05) is 6.54 Å². The van der Waals surface area contributed by atoms with Crippen LogP contribution < -0.4 is 5.32 Å². The molecule has 1 heteroatoms. The summed E-state index contributed by atoms with van der Waals surface area (Å²) in [5.41, 5.74) is 0.293. The predicted molar refractivity (Wildman–Crippen MR) is 65.6 cm³/mol. The van der Waals surface area contributed by atoms with Gasteiger partial charge in [0.1, 0.15) is 0 Å². The van der Waals surface area contributed by atoms with Gasteiger partial charge in [0.05, 0.1) is 0 Å². The van der Waals surface area contributed by atoms with Crippen molar-refractivity contribution >= 4 is 0 Å². The summed E-state index contributed by atoms with van der Waals surface area (Å²) in [6, 6.07) is 0. The number of nitrogens with one attached hydrogen (secondary N) is 1. The minimum Gasteiger partial charge on any atom is -0.319 e. The van der Waals surface area contributed by atoms with E-state index in [1.165, 1.54) is 38.5 Å². The molecule has 0 bridgehead atoms. The molecule has 1 unspecified atom stereocenters. The minimum atomic E-state index is 0.293. The normalized spacial score (nSPS) is 15.1. The SMILES string of the molecule is C=CC(C)(CCCCCCC)CNC. The lowest BCUT2D eigenvalue weighted by Gasteiger charge is -2.25. The third kappa shape index (κ3) is 6.20. The smallest absolute Gasteiger partial charge is 0.00367 e. The Balaban J connectivity index is 3.56. The van der Waals surface area contributed by atoms with E-state index in [4.69, 9.17) is 0 Å². The number of unbranched alkanes of at least 4 members (excludes halogenated alkanes) is 4. The van der Waals surface area contributed by atoms with Gasteiger partial charge in [-0.25, -0.2) is 0 Å². The van der Waals surface area contributed by atoms with Crippen molar-refractivity contribution in [1.82, 2.24) is 5.32 Å². The molecule has 0 aromatic heterocycles. The van der Waals surface area contributed by atoms with Crippen LogP contribution in [0.4, 0.5) is 0 Å². The van der Waals surface area contributed by atoms with Gasteiger partial charge in [0.25, 0.3) is 0 Å². The summed E-state index contributed by atoms with van der Waals surface area (Å²) < 4.78 is 0. The maximum absolute atomic E-state index is 3.93. The molecule has 0 spiro atoms. The molecule has 1 N–H and O–H groups in total. The highest BCUT2D eigenvalue weighted by Crippen LogP contribution is 2.25. The fourth-order valence-electron chi connectivity index (χ4n) is 1.80. The van der Waals surface area contributed by atoms with Crippen LogP contribution >= 0.6 is 0 Å². The van der Waals surface area contributed by atoms with Gasteiger partial charge in [-0.3, -0.25) is 0 Å². The second-order valence-corrected chi connectivity index (χ2v) is 4.55. The molecule has 0 saturated carbocycles. The van der Waals surface area contributed by atoms with Crippen LogP contribution in [0.1, 0.15) is 52.4 Å². The molecule has 0 saturated heterocycles. The van der Waals surface area contributed by atoms with Gasteiger partial charge >= 0.3 is 0 Å². The van der Waals surface area contributed by atoms with Crippen molar-refractivity contribution in [3.05, 3.63) is 12.7 Å². The Morgan fingerprint density at radius 2 is 1.86 bits per heavy atom. The largest absolute Gasteiger partial charge is 0.319 e.